The highest BCUT2D eigenvalue weighted by Crippen LogP contribution is 2.40. The first-order valence-electron chi connectivity index (χ1n) is 15.4. The molecule has 2 aliphatic heterocycles. The van der Waals surface area contributed by atoms with Crippen LogP contribution in [-0.4, -0.2) is 83.1 Å². The van der Waals surface area contributed by atoms with Gasteiger partial charge in [-0.25, -0.2) is 0 Å². The van der Waals surface area contributed by atoms with Crippen molar-refractivity contribution in [1.82, 2.24) is 14.4 Å². The van der Waals surface area contributed by atoms with E-state index in [1.54, 1.807) is 53.4 Å². The summed E-state index contributed by atoms with van der Waals surface area (Å²) in [6, 6.07) is 20.5. The van der Waals surface area contributed by atoms with Gasteiger partial charge >= 0.3 is 0 Å². The van der Waals surface area contributed by atoms with Crippen molar-refractivity contribution >= 4 is 34.0 Å². The van der Waals surface area contributed by atoms with Gasteiger partial charge in [0.1, 0.15) is 11.9 Å². The van der Waals surface area contributed by atoms with Gasteiger partial charge in [-0.05, 0) is 72.2 Å². The molecule has 3 aromatic carbocycles. The van der Waals surface area contributed by atoms with Gasteiger partial charge in [0.05, 0.1) is 32.1 Å². The van der Waals surface area contributed by atoms with E-state index in [2.05, 4.69) is 11.4 Å². The standard InChI is InChI=1S/C35H35N5O5/c1-38-20-31(36-26-10-7-23(8-11-26)33(42)39-15-17-45-18-16-39)37-32(35(38)44)28-3-2-4-30(29(28)21-41)40-14-13-25-19-24(22-5-6-22)9-12-27(25)34(40)43/h2-4,7-14,19,22,31,36,41H,5-6,15-18,20-21H2,1H3. The molecular weight excluding hydrogens is 570 g/mol. The number of likely N-dealkylation sites (N-methyl/N-ethyl adjacent to an activating group) is 1. The Hall–Kier alpha value is -4.80. The predicted molar refractivity (Wildman–Crippen MR) is 172 cm³/mol. The van der Waals surface area contributed by atoms with Crippen LogP contribution in [0.4, 0.5) is 5.69 Å². The van der Waals surface area contributed by atoms with E-state index in [4.69, 9.17) is 9.73 Å². The Morgan fingerprint density at radius 3 is 2.53 bits per heavy atom. The maximum absolute atomic E-state index is 13.6. The minimum atomic E-state index is -0.470. The van der Waals surface area contributed by atoms with E-state index in [0.717, 1.165) is 11.1 Å². The number of amides is 2. The van der Waals surface area contributed by atoms with Gasteiger partial charge in [-0.3, -0.25) is 23.9 Å². The van der Waals surface area contributed by atoms with Crippen molar-refractivity contribution in [3.63, 3.8) is 0 Å². The van der Waals surface area contributed by atoms with Gasteiger partial charge in [-0.15, -0.1) is 0 Å². The minimum Gasteiger partial charge on any atom is -0.392 e. The van der Waals surface area contributed by atoms with Crippen LogP contribution >= 0.6 is 0 Å². The molecule has 1 saturated carbocycles. The maximum Gasteiger partial charge on any atom is 0.272 e. The molecule has 4 aromatic rings. The summed E-state index contributed by atoms with van der Waals surface area (Å²) in [5, 5.41) is 15.4. The average Bonchev–Trinajstić information content (AvgIpc) is 3.92. The van der Waals surface area contributed by atoms with E-state index in [9.17, 15) is 19.5 Å². The van der Waals surface area contributed by atoms with E-state index in [1.807, 2.05) is 30.3 Å². The van der Waals surface area contributed by atoms with Gasteiger partial charge in [0.2, 0.25) is 0 Å². The van der Waals surface area contributed by atoms with Crippen molar-refractivity contribution in [3.05, 3.63) is 106 Å². The van der Waals surface area contributed by atoms with E-state index >= 15 is 0 Å². The maximum atomic E-state index is 13.6. The smallest absolute Gasteiger partial charge is 0.272 e. The Morgan fingerprint density at radius 1 is 1.02 bits per heavy atom. The first-order valence-corrected chi connectivity index (χ1v) is 15.4. The number of carbonyl (C=O) groups excluding carboxylic acids is 2. The lowest BCUT2D eigenvalue weighted by Crippen LogP contribution is -2.46. The van der Waals surface area contributed by atoms with Crippen LogP contribution in [0.25, 0.3) is 16.5 Å². The molecule has 3 heterocycles. The van der Waals surface area contributed by atoms with Crippen molar-refractivity contribution in [2.45, 2.75) is 31.5 Å². The number of fused-ring (bicyclic) bond motifs is 1. The zero-order valence-electron chi connectivity index (χ0n) is 25.1. The summed E-state index contributed by atoms with van der Waals surface area (Å²) in [4.78, 5) is 48.1. The second-order valence-electron chi connectivity index (χ2n) is 11.9. The number of benzene rings is 3. The number of hydrogen-bond acceptors (Lipinski definition) is 7. The van der Waals surface area contributed by atoms with Gasteiger partial charge in [0.25, 0.3) is 17.4 Å². The first-order chi connectivity index (χ1) is 21.9. The third-order valence-corrected chi connectivity index (χ3v) is 8.85. The molecule has 1 unspecified atom stereocenters. The molecular formula is C35H35N5O5. The lowest BCUT2D eigenvalue weighted by molar-refractivity contribution is -0.123. The molecule has 10 heteroatoms. The fourth-order valence-electron chi connectivity index (χ4n) is 6.20. The van der Waals surface area contributed by atoms with Crippen molar-refractivity contribution in [3.8, 4) is 5.69 Å². The van der Waals surface area contributed by atoms with Gasteiger partial charge in [-0.1, -0.05) is 24.3 Å². The molecule has 0 spiro atoms. The topological polar surface area (TPSA) is 116 Å². The number of aliphatic hydroxyl groups excluding tert-OH is 1. The van der Waals surface area contributed by atoms with E-state index < -0.39 is 6.17 Å². The predicted octanol–water partition coefficient (Wildman–Crippen LogP) is 3.53. The zero-order chi connectivity index (χ0) is 31.1. The number of carbonyl (C=O) groups is 2. The van der Waals surface area contributed by atoms with Crippen molar-refractivity contribution in [2.75, 3.05) is 45.2 Å². The first kappa shape index (κ1) is 28.9. The van der Waals surface area contributed by atoms with Crippen molar-refractivity contribution in [2.24, 2.45) is 4.99 Å². The molecule has 7 rings (SSSR count). The SMILES string of the molecule is CN1CC(Nc2ccc(C(=O)N3CCOCC3)cc2)N=C(c2cccc(-n3ccc4cc(C5CC5)ccc4c3=O)c2CO)C1=O. The molecule has 0 bridgehead atoms. The number of morpholine rings is 1. The quantitative estimate of drug-likeness (QED) is 0.333. The minimum absolute atomic E-state index is 0.0295. The molecule has 0 radical (unpaired) electrons. The number of aliphatic hydroxyl groups is 1. The Labute approximate surface area is 260 Å². The summed E-state index contributed by atoms with van der Waals surface area (Å²) in [6.07, 6.45) is 3.63. The Balaban J connectivity index is 1.18. The van der Waals surface area contributed by atoms with E-state index in [-0.39, 0.29) is 29.7 Å². The Bertz CT molecular complexity index is 1870. The number of aliphatic imine (C=N–C) groups is 1. The third-order valence-electron chi connectivity index (χ3n) is 8.85. The van der Waals surface area contributed by atoms with Crippen LogP contribution in [-0.2, 0) is 16.1 Å². The van der Waals surface area contributed by atoms with Gasteiger partial charge in [0.15, 0.2) is 0 Å². The number of pyridine rings is 1. The van der Waals surface area contributed by atoms with Crippen LogP contribution in [0.1, 0.15) is 45.8 Å². The lowest BCUT2D eigenvalue weighted by atomic mass is 9.98. The summed E-state index contributed by atoms with van der Waals surface area (Å²) < 4.78 is 6.88. The number of nitrogens with zero attached hydrogens (tertiary/aromatic N) is 4. The average molecular weight is 606 g/mol. The fraction of sp³-hybridized carbons (Fsp3) is 0.314. The molecule has 2 N–H and O–H groups in total. The lowest BCUT2D eigenvalue weighted by Gasteiger charge is -2.30. The summed E-state index contributed by atoms with van der Waals surface area (Å²) >= 11 is 0. The Kier molecular flexibility index (Phi) is 7.68. The summed E-state index contributed by atoms with van der Waals surface area (Å²) in [6.45, 7) is 2.18. The van der Waals surface area contributed by atoms with E-state index in [0.29, 0.717) is 66.5 Å². The molecule has 10 nitrogen and oxygen atoms in total. The van der Waals surface area contributed by atoms with Crippen LogP contribution in [0, 0.1) is 0 Å². The fourth-order valence-corrected chi connectivity index (χ4v) is 6.20. The molecule has 1 aromatic heterocycles. The normalized spacial score (nSPS) is 18.7. The third kappa shape index (κ3) is 5.63. The molecule has 230 valence electrons. The molecule has 45 heavy (non-hydrogen) atoms. The number of hydrogen-bond donors (Lipinski definition) is 2. The second kappa shape index (κ2) is 11.9. The largest absolute Gasteiger partial charge is 0.392 e. The van der Waals surface area contributed by atoms with Crippen LogP contribution < -0.4 is 10.9 Å². The molecule has 1 atom stereocenters. The van der Waals surface area contributed by atoms with Gasteiger partial charge in [-0.2, -0.15) is 0 Å². The zero-order valence-corrected chi connectivity index (χ0v) is 25.1. The number of anilines is 1. The molecule has 2 fully saturated rings. The number of ether oxygens (including phenoxy) is 1. The van der Waals surface area contributed by atoms with Crippen molar-refractivity contribution in [1.29, 1.82) is 0 Å². The van der Waals surface area contributed by atoms with Gasteiger partial charge in [0, 0.05) is 54.1 Å². The van der Waals surface area contributed by atoms with Crippen LogP contribution in [0.15, 0.2) is 82.7 Å². The highest BCUT2D eigenvalue weighted by atomic mass is 16.5. The van der Waals surface area contributed by atoms with E-state index in [1.165, 1.54) is 23.0 Å². The highest BCUT2D eigenvalue weighted by Gasteiger charge is 2.30. The van der Waals surface area contributed by atoms with Crippen LogP contribution in [0.2, 0.25) is 0 Å². The molecule has 1 saturated heterocycles. The van der Waals surface area contributed by atoms with Crippen molar-refractivity contribution < 1.29 is 19.4 Å². The van der Waals surface area contributed by atoms with Gasteiger partial charge < -0.3 is 25.0 Å². The molecule has 3 aliphatic rings. The Morgan fingerprint density at radius 2 is 1.80 bits per heavy atom. The number of nitrogens with one attached hydrogen (secondary N) is 1. The number of rotatable bonds is 7. The summed E-state index contributed by atoms with van der Waals surface area (Å²) in [5.74, 6) is 0.284. The highest BCUT2D eigenvalue weighted by molar-refractivity contribution is 6.46. The van der Waals surface area contributed by atoms with Crippen LogP contribution in [0.3, 0.4) is 0 Å². The molecule has 1 aliphatic carbocycles. The molecule has 2 amide bonds. The second-order valence-corrected chi connectivity index (χ2v) is 11.9. The summed E-state index contributed by atoms with van der Waals surface area (Å²) in [5.41, 5.74) is 4.05. The van der Waals surface area contributed by atoms with Crippen LogP contribution in [0.5, 0.6) is 0 Å². The number of aromatic nitrogens is 1. The summed E-state index contributed by atoms with van der Waals surface area (Å²) in [7, 11) is 1.71. The monoisotopic (exact) mass is 605 g/mol.